The van der Waals surface area contributed by atoms with E-state index < -0.39 is 5.91 Å². The first-order valence-corrected chi connectivity index (χ1v) is 3.81. The van der Waals surface area contributed by atoms with Crippen LogP contribution in [0.15, 0.2) is 23.2 Å². The van der Waals surface area contributed by atoms with E-state index in [0.29, 0.717) is 16.1 Å². The summed E-state index contributed by atoms with van der Waals surface area (Å²) >= 11 is 0. The standard InChI is InChI=1S/C9H7FN2O/c10-5-1-2-8-6(3-5)7(4-12-8)9(11)13/h1-3H,4H2,(H2,11,13). The highest BCUT2D eigenvalue weighted by molar-refractivity contribution is 6.13. The van der Waals surface area contributed by atoms with Gasteiger partial charge in [0.2, 0.25) is 5.91 Å². The number of halogens is 1. The van der Waals surface area contributed by atoms with Crippen molar-refractivity contribution in [1.29, 1.82) is 0 Å². The Balaban J connectivity index is 2.82. The molecule has 4 heteroatoms. The van der Waals surface area contributed by atoms with Crippen molar-refractivity contribution in [3.8, 4) is 0 Å². The predicted molar refractivity (Wildman–Crippen MR) is 44.7 cm³/mol. The smallest absolute Gasteiger partial charge is 0.247 e. The number of rotatable bonds is 1. The largest absolute Gasteiger partial charge is 0.366 e. The molecule has 1 aromatic carbocycles. The molecule has 0 saturated carbocycles. The van der Waals surface area contributed by atoms with Gasteiger partial charge in [-0.05, 0) is 18.2 Å². The maximum Gasteiger partial charge on any atom is 0.247 e. The molecule has 1 aliphatic heterocycles. The number of benzene rings is 1. The van der Waals surface area contributed by atoms with E-state index in [9.17, 15) is 9.18 Å². The van der Waals surface area contributed by atoms with Gasteiger partial charge in [-0.15, -0.1) is 0 Å². The molecule has 1 heterocycles. The van der Waals surface area contributed by atoms with Crippen LogP contribution in [0.3, 0.4) is 0 Å². The lowest BCUT2D eigenvalue weighted by atomic mass is 10.2. The molecule has 2 N–H and O–H groups in total. The Bertz CT molecular complexity index is 493. The van der Waals surface area contributed by atoms with Gasteiger partial charge in [-0.25, -0.2) is 4.39 Å². The van der Waals surface area contributed by atoms with Crippen molar-refractivity contribution in [2.75, 3.05) is 6.54 Å². The minimum Gasteiger partial charge on any atom is -0.366 e. The van der Waals surface area contributed by atoms with E-state index in [-0.39, 0.29) is 12.4 Å². The molecule has 3 nitrogen and oxygen atoms in total. The van der Waals surface area contributed by atoms with Crippen molar-refractivity contribution in [3.05, 3.63) is 34.6 Å². The lowest BCUT2D eigenvalue weighted by Crippen LogP contribution is -2.28. The molecular weight excluding hydrogens is 171 g/mol. The molecule has 0 bridgehead atoms. The first kappa shape index (κ1) is 7.91. The molecule has 0 unspecified atom stereocenters. The fourth-order valence-corrected chi connectivity index (χ4v) is 1.35. The number of primary amides is 1. The summed E-state index contributed by atoms with van der Waals surface area (Å²) in [5, 5.41) is 1.16. The van der Waals surface area contributed by atoms with Gasteiger partial charge in [0, 0.05) is 10.8 Å². The van der Waals surface area contributed by atoms with E-state index in [1.807, 2.05) is 0 Å². The summed E-state index contributed by atoms with van der Waals surface area (Å²) in [5.41, 5.74) is 5.49. The van der Waals surface area contributed by atoms with Gasteiger partial charge >= 0.3 is 0 Å². The summed E-state index contributed by atoms with van der Waals surface area (Å²) in [6.07, 6.45) is 0. The highest BCUT2D eigenvalue weighted by Crippen LogP contribution is 1.97. The monoisotopic (exact) mass is 178 g/mol. The van der Waals surface area contributed by atoms with Crippen LogP contribution in [0.5, 0.6) is 0 Å². The number of hydrogen-bond donors (Lipinski definition) is 1. The average molecular weight is 178 g/mol. The van der Waals surface area contributed by atoms with Crippen molar-refractivity contribution in [2.24, 2.45) is 10.7 Å². The fraction of sp³-hybridized carbons (Fsp3) is 0.111. The van der Waals surface area contributed by atoms with Crippen LogP contribution in [0.4, 0.5) is 4.39 Å². The van der Waals surface area contributed by atoms with Crippen molar-refractivity contribution in [2.45, 2.75) is 0 Å². The van der Waals surface area contributed by atoms with E-state index >= 15 is 0 Å². The minimum atomic E-state index is -0.534. The van der Waals surface area contributed by atoms with Crippen LogP contribution in [-0.4, -0.2) is 12.5 Å². The van der Waals surface area contributed by atoms with Crippen LogP contribution in [0.2, 0.25) is 0 Å². The molecule has 13 heavy (non-hydrogen) atoms. The molecule has 1 amide bonds. The first-order chi connectivity index (χ1) is 6.18. The van der Waals surface area contributed by atoms with Gasteiger partial charge in [-0.3, -0.25) is 9.79 Å². The van der Waals surface area contributed by atoms with Crippen LogP contribution < -0.4 is 16.3 Å². The molecule has 2 rings (SSSR count). The molecule has 1 aliphatic rings. The Morgan fingerprint density at radius 2 is 2.31 bits per heavy atom. The van der Waals surface area contributed by atoms with Gasteiger partial charge in [0.1, 0.15) is 5.82 Å². The molecule has 0 fully saturated rings. The fourth-order valence-electron chi connectivity index (χ4n) is 1.35. The first-order valence-electron chi connectivity index (χ1n) is 3.81. The van der Waals surface area contributed by atoms with Crippen LogP contribution >= 0.6 is 0 Å². The van der Waals surface area contributed by atoms with Crippen molar-refractivity contribution in [1.82, 2.24) is 0 Å². The molecular formula is C9H7FN2O. The molecule has 0 atom stereocenters. The third-order valence-electron chi connectivity index (χ3n) is 1.99. The van der Waals surface area contributed by atoms with Gasteiger partial charge in [-0.2, -0.15) is 0 Å². The van der Waals surface area contributed by atoms with Gasteiger partial charge in [0.15, 0.2) is 0 Å². The molecule has 0 saturated heterocycles. The lowest BCUT2D eigenvalue weighted by molar-refractivity contribution is -0.112. The minimum absolute atomic E-state index is 0.258. The summed E-state index contributed by atoms with van der Waals surface area (Å²) in [5.74, 6) is -0.914. The molecule has 0 aromatic heterocycles. The summed E-state index contributed by atoms with van der Waals surface area (Å²) in [6.45, 7) is 0.258. The Kier molecular flexibility index (Phi) is 1.62. The van der Waals surface area contributed by atoms with E-state index in [1.54, 1.807) is 6.07 Å². The predicted octanol–water partition coefficient (Wildman–Crippen LogP) is -0.905. The highest BCUT2D eigenvalue weighted by atomic mass is 19.1. The molecule has 0 radical (unpaired) electrons. The van der Waals surface area contributed by atoms with E-state index in [2.05, 4.69) is 4.99 Å². The second kappa shape index (κ2) is 2.65. The van der Waals surface area contributed by atoms with Gasteiger partial charge < -0.3 is 5.73 Å². The van der Waals surface area contributed by atoms with E-state index in [1.165, 1.54) is 12.1 Å². The number of carbonyl (C=O) groups excluding carboxylic acids is 1. The van der Waals surface area contributed by atoms with E-state index in [0.717, 1.165) is 0 Å². The Morgan fingerprint density at radius 3 is 3.00 bits per heavy atom. The molecule has 66 valence electrons. The second-order valence-electron chi connectivity index (χ2n) is 2.82. The molecule has 0 spiro atoms. The van der Waals surface area contributed by atoms with Crippen LogP contribution in [0.25, 0.3) is 5.57 Å². The topological polar surface area (TPSA) is 55.5 Å². The quantitative estimate of drug-likeness (QED) is 0.595. The molecule has 1 aromatic rings. The van der Waals surface area contributed by atoms with Crippen molar-refractivity contribution < 1.29 is 9.18 Å². The van der Waals surface area contributed by atoms with Gasteiger partial charge in [0.25, 0.3) is 0 Å². The highest BCUT2D eigenvalue weighted by Gasteiger charge is 2.11. The summed E-state index contributed by atoms with van der Waals surface area (Å²) in [7, 11) is 0. The average Bonchev–Trinajstić information content (AvgIpc) is 2.46. The Morgan fingerprint density at radius 1 is 1.54 bits per heavy atom. The number of carbonyl (C=O) groups is 1. The number of hydrogen-bond acceptors (Lipinski definition) is 2. The van der Waals surface area contributed by atoms with Crippen molar-refractivity contribution in [3.63, 3.8) is 0 Å². The summed E-state index contributed by atoms with van der Waals surface area (Å²) in [4.78, 5) is 14.9. The number of nitrogens with zero attached hydrogens (tertiary/aromatic N) is 1. The zero-order valence-electron chi connectivity index (χ0n) is 6.75. The maximum absolute atomic E-state index is 12.8. The van der Waals surface area contributed by atoms with Gasteiger partial charge in [-0.1, -0.05) is 0 Å². The SMILES string of the molecule is NC(=O)C1=c2cc(F)ccc2=NC1. The Labute approximate surface area is 73.4 Å². The summed E-state index contributed by atoms with van der Waals surface area (Å²) < 4.78 is 12.8. The van der Waals surface area contributed by atoms with E-state index in [4.69, 9.17) is 5.73 Å². The number of amides is 1. The van der Waals surface area contributed by atoms with Crippen LogP contribution in [0.1, 0.15) is 0 Å². The summed E-state index contributed by atoms with van der Waals surface area (Å²) in [6, 6.07) is 4.14. The van der Waals surface area contributed by atoms with Crippen LogP contribution in [-0.2, 0) is 4.79 Å². The second-order valence-corrected chi connectivity index (χ2v) is 2.82. The number of fused-ring (bicyclic) bond motifs is 1. The maximum atomic E-state index is 12.8. The Hall–Kier alpha value is -1.71. The zero-order valence-corrected chi connectivity index (χ0v) is 6.75. The lowest BCUT2D eigenvalue weighted by Gasteiger charge is -1.91. The van der Waals surface area contributed by atoms with Crippen LogP contribution in [0, 0.1) is 5.82 Å². The normalized spacial score (nSPS) is 13.8. The van der Waals surface area contributed by atoms with Crippen molar-refractivity contribution >= 4 is 11.5 Å². The third kappa shape index (κ3) is 1.20. The zero-order chi connectivity index (χ0) is 9.42. The van der Waals surface area contributed by atoms with Gasteiger partial charge in [0.05, 0.1) is 11.9 Å². The number of nitrogens with two attached hydrogens (primary N) is 1. The molecule has 0 aliphatic carbocycles. The third-order valence-corrected chi connectivity index (χ3v) is 1.99.